The maximum absolute atomic E-state index is 12.9. The fraction of sp³-hybridized carbons (Fsp3) is 0.360. The van der Waals surface area contributed by atoms with Crippen molar-refractivity contribution in [3.63, 3.8) is 0 Å². The minimum absolute atomic E-state index is 0.268. The number of nitrogens with one attached hydrogen (secondary N) is 2. The highest BCUT2D eigenvalue weighted by molar-refractivity contribution is 5.95. The summed E-state index contributed by atoms with van der Waals surface area (Å²) in [4.78, 5) is 30.0. The molecule has 1 fully saturated rings. The van der Waals surface area contributed by atoms with Crippen LogP contribution in [0.2, 0.25) is 0 Å². The topological polar surface area (TPSA) is 83.1 Å². The lowest BCUT2D eigenvalue weighted by atomic mass is 9.95. The summed E-state index contributed by atoms with van der Waals surface area (Å²) < 4.78 is 10.7. The number of nitrogens with zero attached hydrogens (tertiary/aromatic N) is 2. The number of benzene rings is 2. The quantitative estimate of drug-likeness (QED) is 0.631. The van der Waals surface area contributed by atoms with Gasteiger partial charge < -0.3 is 25.0 Å². The second-order valence-corrected chi connectivity index (χ2v) is 8.02. The molecule has 2 aromatic carbocycles. The van der Waals surface area contributed by atoms with Gasteiger partial charge in [-0.1, -0.05) is 36.4 Å². The van der Waals surface area contributed by atoms with Crippen molar-refractivity contribution >= 4 is 17.7 Å². The molecule has 33 heavy (non-hydrogen) atoms. The van der Waals surface area contributed by atoms with E-state index >= 15 is 0 Å². The highest BCUT2D eigenvalue weighted by atomic mass is 16.5. The van der Waals surface area contributed by atoms with Gasteiger partial charge in [-0.15, -0.1) is 0 Å². The Bertz CT molecular complexity index is 1020. The molecule has 0 spiro atoms. The third-order valence-corrected chi connectivity index (χ3v) is 5.95. The van der Waals surface area contributed by atoms with Gasteiger partial charge in [-0.05, 0) is 24.6 Å². The molecule has 0 radical (unpaired) electrons. The van der Waals surface area contributed by atoms with Crippen LogP contribution in [-0.4, -0.2) is 63.3 Å². The normalized spacial score (nSPS) is 19.0. The van der Waals surface area contributed by atoms with Crippen molar-refractivity contribution in [2.45, 2.75) is 13.0 Å². The molecule has 2 aromatic rings. The third kappa shape index (κ3) is 5.28. The SMILES string of the molecule is CCOC(=O)C1=C(CN2CCN(c3cccc(OC)c3)CC2)NC(=O)N[C@@H]1c1ccccc1. The zero-order valence-electron chi connectivity index (χ0n) is 19.0. The van der Waals surface area contributed by atoms with E-state index in [2.05, 4.69) is 26.5 Å². The lowest BCUT2D eigenvalue weighted by Crippen LogP contribution is -2.51. The van der Waals surface area contributed by atoms with Crippen LogP contribution in [0.25, 0.3) is 0 Å². The number of hydrogen-bond donors (Lipinski definition) is 2. The second kappa shape index (κ2) is 10.4. The Kier molecular flexibility index (Phi) is 7.14. The van der Waals surface area contributed by atoms with Gasteiger partial charge in [0.05, 0.1) is 25.3 Å². The first kappa shape index (κ1) is 22.7. The number of esters is 1. The van der Waals surface area contributed by atoms with E-state index in [1.165, 1.54) is 0 Å². The van der Waals surface area contributed by atoms with Gasteiger partial charge in [0.15, 0.2) is 0 Å². The van der Waals surface area contributed by atoms with E-state index in [4.69, 9.17) is 9.47 Å². The lowest BCUT2D eigenvalue weighted by Gasteiger charge is -2.38. The largest absolute Gasteiger partial charge is 0.497 e. The smallest absolute Gasteiger partial charge is 0.338 e. The van der Waals surface area contributed by atoms with Crippen LogP contribution < -0.4 is 20.3 Å². The molecule has 8 heteroatoms. The van der Waals surface area contributed by atoms with Crippen molar-refractivity contribution in [1.82, 2.24) is 15.5 Å². The molecule has 0 bridgehead atoms. The monoisotopic (exact) mass is 450 g/mol. The Balaban J connectivity index is 1.53. The summed E-state index contributed by atoms with van der Waals surface area (Å²) in [6, 6.07) is 16.7. The number of carbonyl (C=O) groups is 2. The van der Waals surface area contributed by atoms with Gasteiger partial charge in [-0.3, -0.25) is 4.90 Å². The number of ether oxygens (including phenoxy) is 2. The van der Waals surface area contributed by atoms with Crippen molar-refractivity contribution in [1.29, 1.82) is 0 Å². The van der Waals surface area contributed by atoms with Gasteiger partial charge in [0, 0.05) is 50.2 Å². The number of rotatable bonds is 7. The average molecular weight is 451 g/mol. The van der Waals surface area contributed by atoms with E-state index in [0.717, 1.165) is 43.2 Å². The van der Waals surface area contributed by atoms with E-state index in [1.807, 2.05) is 48.5 Å². The molecule has 0 saturated carbocycles. The zero-order chi connectivity index (χ0) is 23.2. The molecular formula is C25H30N4O4. The number of hydrogen-bond acceptors (Lipinski definition) is 6. The number of amides is 2. The van der Waals surface area contributed by atoms with Crippen molar-refractivity contribution in [2.75, 3.05) is 51.3 Å². The number of anilines is 1. The molecule has 0 aliphatic carbocycles. The average Bonchev–Trinajstić information content (AvgIpc) is 2.85. The summed E-state index contributed by atoms with van der Waals surface area (Å²) in [6.07, 6.45) is 0. The number of carbonyl (C=O) groups excluding carboxylic acids is 2. The van der Waals surface area contributed by atoms with Gasteiger partial charge in [-0.2, -0.15) is 0 Å². The van der Waals surface area contributed by atoms with Crippen molar-refractivity contribution in [3.05, 3.63) is 71.4 Å². The van der Waals surface area contributed by atoms with E-state index in [9.17, 15) is 9.59 Å². The Hall–Kier alpha value is -3.52. The molecule has 0 aromatic heterocycles. The lowest BCUT2D eigenvalue weighted by molar-refractivity contribution is -0.139. The first-order chi connectivity index (χ1) is 16.1. The van der Waals surface area contributed by atoms with Crippen LogP contribution in [0, 0.1) is 0 Å². The molecule has 0 unspecified atom stereocenters. The van der Waals surface area contributed by atoms with Crippen molar-refractivity contribution in [2.24, 2.45) is 0 Å². The van der Waals surface area contributed by atoms with Crippen LogP contribution in [0.5, 0.6) is 5.75 Å². The molecule has 2 N–H and O–H groups in total. The summed E-state index contributed by atoms with van der Waals surface area (Å²) in [5.41, 5.74) is 3.02. The van der Waals surface area contributed by atoms with Gasteiger partial charge in [0.1, 0.15) is 5.75 Å². The summed E-state index contributed by atoms with van der Waals surface area (Å²) in [5.74, 6) is 0.424. The minimum atomic E-state index is -0.549. The number of urea groups is 1. The van der Waals surface area contributed by atoms with Crippen LogP contribution in [0.1, 0.15) is 18.5 Å². The van der Waals surface area contributed by atoms with Crippen LogP contribution in [0.3, 0.4) is 0 Å². The summed E-state index contributed by atoms with van der Waals surface area (Å²) in [7, 11) is 1.67. The zero-order valence-corrected chi connectivity index (χ0v) is 19.0. The molecule has 1 saturated heterocycles. The molecule has 4 rings (SSSR count). The van der Waals surface area contributed by atoms with E-state index in [0.29, 0.717) is 17.8 Å². The van der Waals surface area contributed by atoms with E-state index < -0.39 is 12.0 Å². The predicted octanol–water partition coefficient (Wildman–Crippen LogP) is 2.69. The minimum Gasteiger partial charge on any atom is -0.497 e. The predicted molar refractivity (Wildman–Crippen MR) is 126 cm³/mol. The molecule has 2 amide bonds. The first-order valence-electron chi connectivity index (χ1n) is 11.2. The fourth-order valence-electron chi connectivity index (χ4n) is 4.28. The summed E-state index contributed by atoms with van der Waals surface area (Å²) in [6.45, 7) is 5.79. The van der Waals surface area contributed by atoms with Crippen molar-refractivity contribution in [3.8, 4) is 5.75 Å². The van der Waals surface area contributed by atoms with Gasteiger partial charge in [0.25, 0.3) is 0 Å². The van der Waals surface area contributed by atoms with Crippen LogP contribution in [0.4, 0.5) is 10.5 Å². The maximum Gasteiger partial charge on any atom is 0.338 e. The van der Waals surface area contributed by atoms with Gasteiger partial charge in [-0.25, -0.2) is 9.59 Å². The number of methoxy groups -OCH3 is 1. The molecule has 1 atom stereocenters. The standard InChI is InChI=1S/C25H30N4O4/c1-3-33-24(30)22-21(26-25(31)27-23(22)18-8-5-4-6-9-18)17-28-12-14-29(15-13-28)19-10-7-11-20(16-19)32-2/h4-11,16,23H,3,12-15,17H2,1-2H3,(H2,26,27,31)/t23-/m1/s1. The van der Waals surface area contributed by atoms with Crippen LogP contribution >= 0.6 is 0 Å². The Morgan fingerprint density at radius 3 is 2.52 bits per heavy atom. The first-order valence-corrected chi connectivity index (χ1v) is 11.2. The highest BCUT2D eigenvalue weighted by Gasteiger charge is 2.34. The summed E-state index contributed by atoms with van der Waals surface area (Å²) >= 11 is 0. The van der Waals surface area contributed by atoms with Crippen molar-refractivity contribution < 1.29 is 19.1 Å². The highest BCUT2D eigenvalue weighted by Crippen LogP contribution is 2.28. The molecule has 8 nitrogen and oxygen atoms in total. The Labute approximate surface area is 194 Å². The molecule has 2 heterocycles. The van der Waals surface area contributed by atoms with Gasteiger partial charge in [0.2, 0.25) is 0 Å². The number of piperazine rings is 1. The van der Waals surface area contributed by atoms with E-state index in [-0.39, 0.29) is 12.6 Å². The van der Waals surface area contributed by atoms with Gasteiger partial charge >= 0.3 is 12.0 Å². The molecule has 2 aliphatic heterocycles. The second-order valence-electron chi connectivity index (χ2n) is 8.02. The Morgan fingerprint density at radius 2 is 1.82 bits per heavy atom. The van der Waals surface area contributed by atoms with Crippen LogP contribution in [-0.2, 0) is 9.53 Å². The maximum atomic E-state index is 12.9. The third-order valence-electron chi connectivity index (χ3n) is 5.95. The Morgan fingerprint density at radius 1 is 1.06 bits per heavy atom. The fourth-order valence-corrected chi connectivity index (χ4v) is 4.28. The molecule has 2 aliphatic rings. The van der Waals surface area contributed by atoms with E-state index in [1.54, 1.807) is 14.0 Å². The molecular weight excluding hydrogens is 420 g/mol. The molecule has 174 valence electrons. The summed E-state index contributed by atoms with van der Waals surface area (Å²) in [5, 5.41) is 5.75. The van der Waals surface area contributed by atoms with Crippen LogP contribution in [0.15, 0.2) is 65.9 Å².